The van der Waals surface area contributed by atoms with Crippen molar-refractivity contribution >= 4 is 23.2 Å². The van der Waals surface area contributed by atoms with E-state index in [2.05, 4.69) is 15.4 Å². The number of nitrogens with zero attached hydrogens (tertiary/aromatic N) is 3. The smallest absolute Gasteiger partial charge is 0.161 e. The first-order valence-electron chi connectivity index (χ1n) is 7.51. The molecule has 0 aliphatic heterocycles. The van der Waals surface area contributed by atoms with E-state index in [0.717, 1.165) is 11.3 Å². The summed E-state index contributed by atoms with van der Waals surface area (Å²) in [7, 11) is 1.88. The first-order chi connectivity index (χ1) is 11.5. The lowest BCUT2D eigenvalue weighted by atomic mass is 10.0. The Kier molecular flexibility index (Phi) is 4.62. The SMILES string of the molecule is CC(=O)c1ccc(N[C@@H](c2ccc(Cl)cc2)c2ccn(C)n2)nc1. The van der Waals surface area contributed by atoms with E-state index in [4.69, 9.17) is 11.6 Å². The van der Waals surface area contributed by atoms with Gasteiger partial charge >= 0.3 is 0 Å². The molecule has 0 saturated heterocycles. The summed E-state index contributed by atoms with van der Waals surface area (Å²) in [5.41, 5.74) is 2.48. The van der Waals surface area contributed by atoms with Gasteiger partial charge in [-0.25, -0.2) is 4.98 Å². The molecule has 122 valence electrons. The maximum Gasteiger partial charge on any atom is 0.161 e. The molecule has 2 heterocycles. The van der Waals surface area contributed by atoms with Gasteiger partial charge in [0.25, 0.3) is 0 Å². The summed E-state index contributed by atoms with van der Waals surface area (Å²) < 4.78 is 1.76. The van der Waals surface area contributed by atoms with Crippen LogP contribution in [-0.4, -0.2) is 20.5 Å². The number of halogens is 1. The molecule has 1 N–H and O–H groups in total. The van der Waals surface area contributed by atoms with Crippen LogP contribution < -0.4 is 5.32 Å². The number of rotatable bonds is 5. The number of carbonyl (C=O) groups is 1. The van der Waals surface area contributed by atoms with Gasteiger partial charge in [-0.3, -0.25) is 9.48 Å². The fourth-order valence-electron chi connectivity index (χ4n) is 2.41. The highest BCUT2D eigenvalue weighted by Crippen LogP contribution is 2.26. The predicted molar refractivity (Wildman–Crippen MR) is 94.4 cm³/mol. The fourth-order valence-corrected chi connectivity index (χ4v) is 2.53. The van der Waals surface area contributed by atoms with Gasteiger partial charge in [-0.2, -0.15) is 5.10 Å². The first kappa shape index (κ1) is 16.2. The summed E-state index contributed by atoms with van der Waals surface area (Å²) in [5.74, 6) is 0.665. The number of nitrogens with one attached hydrogen (secondary N) is 1. The Bertz CT molecular complexity index is 840. The van der Waals surface area contributed by atoms with E-state index in [1.54, 1.807) is 23.0 Å². The summed E-state index contributed by atoms with van der Waals surface area (Å²) in [6, 6.07) is 13.0. The molecule has 0 aliphatic rings. The highest BCUT2D eigenvalue weighted by molar-refractivity contribution is 6.30. The monoisotopic (exact) mass is 340 g/mol. The topological polar surface area (TPSA) is 59.8 Å². The molecule has 0 amide bonds. The minimum absolute atomic E-state index is 0.00646. The van der Waals surface area contributed by atoms with E-state index < -0.39 is 0 Å². The molecule has 3 aromatic rings. The summed E-state index contributed by atoms with van der Waals surface area (Å²) >= 11 is 5.99. The van der Waals surface area contributed by atoms with Gasteiger partial charge in [-0.05, 0) is 42.8 Å². The van der Waals surface area contributed by atoms with Gasteiger partial charge in [-0.15, -0.1) is 0 Å². The van der Waals surface area contributed by atoms with Gasteiger partial charge in [0, 0.05) is 30.0 Å². The van der Waals surface area contributed by atoms with Crippen LogP contribution in [0.25, 0.3) is 0 Å². The van der Waals surface area contributed by atoms with Crippen LogP contribution in [-0.2, 0) is 7.05 Å². The molecule has 0 aliphatic carbocycles. The van der Waals surface area contributed by atoms with Crippen molar-refractivity contribution in [1.82, 2.24) is 14.8 Å². The highest BCUT2D eigenvalue weighted by Gasteiger charge is 2.17. The zero-order chi connectivity index (χ0) is 17.1. The quantitative estimate of drug-likeness (QED) is 0.716. The van der Waals surface area contributed by atoms with Crippen molar-refractivity contribution < 1.29 is 4.79 Å². The fraction of sp³-hybridized carbons (Fsp3) is 0.167. The van der Waals surface area contributed by atoms with Gasteiger partial charge in [0.2, 0.25) is 0 Å². The summed E-state index contributed by atoms with van der Waals surface area (Å²) in [6.07, 6.45) is 3.47. The molecule has 24 heavy (non-hydrogen) atoms. The Hall–Kier alpha value is -2.66. The average molecular weight is 341 g/mol. The molecule has 0 bridgehead atoms. The molecule has 3 rings (SSSR count). The van der Waals surface area contributed by atoms with Gasteiger partial charge in [0.1, 0.15) is 5.82 Å². The second-order valence-corrected chi connectivity index (χ2v) is 5.97. The van der Waals surface area contributed by atoms with Crippen LogP contribution >= 0.6 is 11.6 Å². The van der Waals surface area contributed by atoms with E-state index in [1.165, 1.54) is 6.92 Å². The third kappa shape index (κ3) is 3.63. The number of benzene rings is 1. The Labute approximate surface area is 145 Å². The molecular formula is C18H17ClN4O. The molecule has 6 heteroatoms. The van der Waals surface area contributed by atoms with E-state index in [0.29, 0.717) is 16.4 Å². The summed E-state index contributed by atoms with van der Waals surface area (Å²) in [5, 5.41) is 8.54. The van der Waals surface area contributed by atoms with Crippen molar-refractivity contribution in [2.45, 2.75) is 13.0 Å². The molecule has 1 aromatic carbocycles. The second kappa shape index (κ2) is 6.84. The third-order valence-electron chi connectivity index (χ3n) is 3.70. The van der Waals surface area contributed by atoms with Crippen molar-refractivity contribution in [3.8, 4) is 0 Å². The lowest BCUT2D eigenvalue weighted by Crippen LogP contribution is -2.14. The number of ketones is 1. The molecule has 0 fully saturated rings. The van der Waals surface area contributed by atoms with Gasteiger partial charge in [0.05, 0.1) is 11.7 Å². The van der Waals surface area contributed by atoms with Crippen LogP contribution in [0, 0.1) is 0 Å². The number of pyridine rings is 1. The van der Waals surface area contributed by atoms with Crippen LogP contribution in [0.15, 0.2) is 54.9 Å². The maximum absolute atomic E-state index is 11.4. The molecule has 0 saturated carbocycles. The molecule has 0 radical (unpaired) electrons. The van der Waals surface area contributed by atoms with Crippen molar-refractivity contribution in [2.24, 2.45) is 7.05 Å². The standard InChI is InChI=1S/C18H17ClN4O/c1-12(24)14-5-8-17(20-11-14)21-18(16-9-10-23(2)22-16)13-3-6-15(19)7-4-13/h3-11,18H,1-2H3,(H,20,21)/t18-/m0/s1. The zero-order valence-corrected chi connectivity index (χ0v) is 14.2. The minimum Gasteiger partial charge on any atom is -0.358 e. The highest BCUT2D eigenvalue weighted by atomic mass is 35.5. The molecule has 0 spiro atoms. The van der Waals surface area contributed by atoms with Crippen molar-refractivity contribution in [1.29, 1.82) is 0 Å². The van der Waals surface area contributed by atoms with Crippen molar-refractivity contribution in [3.05, 3.63) is 76.7 Å². The van der Waals surface area contributed by atoms with Crippen molar-refractivity contribution in [2.75, 3.05) is 5.32 Å². The summed E-state index contributed by atoms with van der Waals surface area (Å²) in [6.45, 7) is 1.52. The lowest BCUT2D eigenvalue weighted by molar-refractivity contribution is 0.101. The third-order valence-corrected chi connectivity index (χ3v) is 3.95. The predicted octanol–water partition coefficient (Wildman–Crippen LogP) is 3.87. The molecule has 2 aromatic heterocycles. The normalized spacial score (nSPS) is 12.0. The molecular weight excluding hydrogens is 324 g/mol. The number of hydrogen-bond acceptors (Lipinski definition) is 4. The summed E-state index contributed by atoms with van der Waals surface area (Å²) in [4.78, 5) is 15.7. The number of aryl methyl sites for hydroxylation is 1. The van der Waals surface area contributed by atoms with Crippen LogP contribution in [0.2, 0.25) is 5.02 Å². The van der Waals surface area contributed by atoms with E-state index in [9.17, 15) is 4.79 Å². The molecule has 5 nitrogen and oxygen atoms in total. The zero-order valence-electron chi connectivity index (χ0n) is 13.4. The van der Waals surface area contributed by atoms with Crippen LogP contribution in [0.5, 0.6) is 0 Å². The van der Waals surface area contributed by atoms with Gasteiger partial charge in [-0.1, -0.05) is 23.7 Å². The van der Waals surface area contributed by atoms with Gasteiger partial charge < -0.3 is 5.32 Å². The average Bonchev–Trinajstić information content (AvgIpc) is 3.00. The lowest BCUT2D eigenvalue weighted by Gasteiger charge is -2.18. The number of aromatic nitrogens is 3. The number of Topliss-reactive ketones (excluding diaryl/α,β-unsaturated/α-hetero) is 1. The van der Waals surface area contributed by atoms with E-state index in [1.807, 2.05) is 43.6 Å². The van der Waals surface area contributed by atoms with Crippen LogP contribution in [0.3, 0.4) is 0 Å². The maximum atomic E-state index is 11.4. The minimum atomic E-state index is -0.167. The number of carbonyl (C=O) groups excluding carboxylic acids is 1. The Morgan fingerprint density at radius 3 is 2.46 bits per heavy atom. The van der Waals surface area contributed by atoms with Crippen molar-refractivity contribution in [3.63, 3.8) is 0 Å². The van der Waals surface area contributed by atoms with E-state index in [-0.39, 0.29) is 11.8 Å². The van der Waals surface area contributed by atoms with E-state index >= 15 is 0 Å². The Balaban J connectivity index is 1.92. The Morgan fingerprint density at radius 2 is 1.92 bits per heavy atom. The van der Waals surface area contributed by atoms with Crippen LogP contribution in [0.1, 0.15) is 34.6 Å². The molecule has 1 atom stereocenters. The van der Waals surface area contributed by atoms with Crippen LogP contribution in [0.4, 0.5) is 5.82 Å². The second-order valence-electron chi connectivity index (χ2n) is 5.53. The Morgan fingerprint density at radius 1 is 1.17 bits per heavy atom. The number of anilines is 1. The first-order valence-corrected chi connectivity index (χ1v) is 7.89. The molecule has 0 unspecified atom stereocenters. The number of hydrogen-bond donors (Lipinski definition) is 1. The largest absolute Gasteiger partial charge is 0.358 e. The van der Waals surface area contributed by atoms with Gasteiger partial charge in [0.15, 0.2) is 5.78 Å².